The Balaban J connectivity index is 2.50. The summed E-state index contributed by atoms with van der Waals surface area (Å²) in [6.07, 6.45) is 2.63. The number of hydrogen-bond donors (Lipinski definition) is 0. The van der Waals surface area contributed by atoms with Crippen molar-refractivity contribution in [2.24, 2.45) is 5.41 Å². The molecule has 31 heavy (non-hydrogen) atoms. The van der Waals surface area contributed by atoms with Crippen molar-refractivity contribution >= 4 is 11.9 Å². The van der Waals surface area contributed by atoms with Gasteiger partial charge in [0.2, 0.25) is 0 Å². The molecule has 2 rings (SSSR count). The highest BCUT2D eigenvalue weighted by molar-refractivity contribution is 6.00. The summed E-state index contributed by atoms with van der Waals surface area (Å²) in [7, 11) is 0. The molecule has 0 amide bonds. The average molecular weight is 430 g/mol. The van der Waals surface area contributed by atoms with Crippen molar-refractivity contribution in [2.45, 2.75) is 26.2 Å². The molecular formula is C25H26F2O4. The van der Waals surface area contributed by atoms with Gasteiger partial charge in [-0.3, -0.25) is 9.59 Å². The van der Waals surface area contributed by atoms with Gasteiger partial charge in [-0.15, -0.1) is 0 Å². The molecule has 164 valence electrons. The molecule has 4 nitrogen and oxygen atoms in total. The van der Waals surface area contributed by atoms with E-state index in [4.69, 9.17) is 10.8 Å². The van der Waals surface area contributed by atoms with E-state index in [1.165, 1.54) is 19.1 Å². The van der Waals surface area contributed by atoms with E-state index in [-0.39, 0.29) is 43.6 Å². The van der Waals surface area contributed by atoms with Gasteiger partial charge in [-0.25, -0.2) is 8.78 Å². The highest BCUT2D eigenvalue weighted by atomic mass is 19.1. The van der Waals surface area contributed by atoms with Gasteiger partial charge in [0.1, 0.15) is 24.8 Å². The zero-order valence-electron chi connectivity index (χ0n) is 18.5. The molecule has 2 aromatic rings. The largest absolute Gasteiger partial charge is 0.461 e. The lowest BCUT2D eigenvalue weighted by atomic mass is 9.76. The molecule has 0 atom stereocenters. The zero-order valence-corrected chi connectivity index (χ0v) is 17.5. The SMILES string of the molecule is [3H]c1ccc(CCC(Cc2cc(F)c(C)c(F)c2)(C(=O)OCC=C)C(=O)OCC=C)cc1. The molecule has 0 aromatic heterocycles. The van der Waals surface area contributed by atoms with Gasteiger partial charge in [-0.05, 0) is 49.4 Å². The van der Waals surface area contributed by atoms with Crippen LogP contribution in [-0.4, -0.2) is 25.2 Å². The van der Waals surface area contributed by atoms with Crippen LogP contribution in [0.1, 0.15) is 24.5 Å². The van der Waals surface area contributed by atoms with E-state index in [1.807, 2.05) is 0 Å². The van der Waals surface area contributed by atoms with Gasteiger partial charge in [-0.1, -0.05) is 55.6 Å². The van der Waals surface area contributed by atoms with Crippen molar-refractivity contribution < 1.29 is 29.2 Å². The fourth-order valence-corrected chi connectivity index (χ4v) is 3.16. The molecule has 0 N–H and O–H groups in total. The third-order valence-electron chi connectivity index (χ3n) is 4.92. The van der Waals surface area contributed by atoms with Crippen molar-refractivity contribution in [1.29, 1.82) is 0 Å². The van der Waals surface area contributed by atoms with E-state index in [2.05, 4.69) is 13.2 Å². The summed E-state index contributed by atoms with van der Waals surface area (Å²) in [5, 5.41) is 0. The van der Waals surface area contributed by atoms with Crippen LogP contribution in [0, 0.1) is 24.0 Å². The Morgan fingerprint density at radius 1 is 1.03 bits per heavy atom. The molecule has 0 unspecified atom stereocenters. The first-order valence-electron chi connectivity index (χ1n) is 10.3. The van der Waals surface area contributed by atoms with E-state index in [0.717, 1.165) is 17.7 Å². The van der Waals surface area contributed by atoms with Gasteiger partial charge < -0.3 is 9.47 Å². The summed E-state index contributed by atoms with van der Waals surface area (Å²) in [6.45, 7) is 8.03. The number of halogens is 2. The number of hydrogen-bond acceptors (Lipinski definition) is 4. The normalized spacial score (nSPS) is 11.4. The minimum absolute atomic E-state index is 0.0343. The number of rotatable bonds is 11. The van der Waals surface area contributed by atoms with Crippen LogP contribution in [0.25, 0.3) is 0 Å². The minimum atomic E-state index is -1.85. The van der Waals surface area contributed by atoms with Crippen LogP contribution >= 0.6 is 0 Å². The van der Waals surface area contributed by atoms with Crippen molar-refractivity contribution in [2.75, 3.05) is 13.2 Å². The van der Waals surface area contributed by atoms with Gasteiger partial charge in [0.05, 0.1) is 1.37 Å². The maximum absolute atomic E-state index is 14.2. The summed E-state index contributed by atoms with van der Waals surface area (Å²) in [5.41, 5.74) is -1.10. The maximum Gasteiger partial charge on any atom is 0.324 e. The van der Waals surface area contributed by atoms with Crippen LogP contribution in [-0.2, 0) is 31.9 Å². The highest BCUT2D eigenvalue weighted by Gasteiger charge is 2.48. The lowest BCUT2D eigenvalue weighted by Crippen LogP contribution is -2.44. The molecule has 0 aliphatic carbocycles. The summed E-state index contributed by atoms with van der Waals surface area (Å²) in [4.78, 5) is 26.3. The standard InChI is InChI=1S/C25H26F2O4/c1-4-13-30-23(28)25(24(29)31-14-5-2,12-11-19-9-7-6-8-10-19)17-20-15-21(26)18(3)22(27)16-20/h4-10,15-16H,1-2,11-14,17H2,3H3/i6T. The Hall–Kier alpha value is -3.28. The molecule has 2 aromatic carbocycles. The van der Waals surface area contributed by atoms with Crippen LogP contribution in [0.4, 0.5) is 8.78 Å². The average Bonchev–Trinajstić information content (AvgIpc) is 2.77. The first kappa shape index (κ1) is 22.4. The predicted octanol–water partition coefficient (Wildman–Crippen LogP) is 4.89. The number of carbonyl (C=O) groups excluding carboxylic acids is 2. The molecule has 0 fully saturated rings. The van der Waals surface area contributed by atoms with Gasteiger partial charge in [0.15, 0.2) is 5.41 Å². The van der Waals surface area contributed by atoms with Gasteiger partial charge in [-0.2, -0.15) is 0 Å². The fourth-order valence-electron chi connectivity index (χ4n) is 3.16. The second-order valence-electron chi connectivity index (χ2n) is 7.13. The second-order valence-corrected chi connectivity index (χ2v) is 7.13. The lowest BCUT2D eigenvalue weighted by Gasteiger charge is -2.29. The highest BCUT2D eigenvalue weighted by Crippen LogP contribution is 2.34. The van der Waals surface area contributed by atoms with Crippen LogP contribution in [0.15, 0.2) is 67.8 Å². The van der Waals surface area contributed by atoms with Crippen molar-refractivity contribution in [3.8, 4) is 0 Å². The molecular weight excluding hydrogens is 402 g/mol. The van der Waals surface area contributed by atoms with Gasteiger partial charge in [0, 0.05) is 5.56 Å². The van der Waals surface area contributed by atoms with Crippen LogP contribution in [0.5, 0.6) is 0 Å². The Morgan fingerprint density at radius 2 is 1.55 bits per heavy atom. The van der Waals surface area contributed by atoms with Crippen LogP contribution in [0.2, 0.25) is 0 Å². The third-order valence-corrected chi connectivity index (χ3v) is 4.92. The summed E-state index contributed by atoms with van der Waals surface area (Å²) >= 11 is 0. The van der Waals surface area contributed by atoms with Crippen LogP contribution < -0.4 is 0 Å². The molecule has 0 saturated carbocycles. The minimum Gasteiger partial charge on any atom is -0.461 e. The predicted molar refractivity (Wildman–Crippen MR) is 114 cm³/mol. The first-order valence-corrected chi connectivity index (χ1v) is 9.80. The fraction of sp³-hybridized carbons (Fsp3) is 0.280. The van der Waals surface area contributed by atoms with E-state index < -0.39 is 29.0 Å². The Morgan fingerprint density at radius 3 is 2.03 bits per heavy atom. The summed E-state index contributed by atoms with van der Waals surface area (Å²) in [6, 6.07) is 9.13. The first-order chi connectivity index (χ1) is 15.2. The quantitative estimate of drug-likeness (QED) is 0.289. The zero-order chi connectivity index (χ0) is 23.7. The topological polar surface area (TPSA) is 52.6 Å². The van der Waals surface area contributed by atoms with Crippen LogP contribution in [0.3, 0.4) is 0 Å². The Kier molecular flexibility index (Phi) is 8.10. The number of ether oxygens (including phenoxy) is 2. The molecule has 0 heterocycles. The summed E-state index contributed by atoms with van der Waals surface area (Å²) < 4.78 is 46.4. The number of aryl methyl sites for hydroxylation is 1. The molecule has 0 bridgehead atoms. The van der Waals surface area contributed by atoms with E-state index in [0.29, 0.717) is 6.04 Å². The van der Waals surface area contributed by atoms with Gasteiger partial charge in [0.25, 0.3) is 0 Å². The monoisotopic (exact) mass is 430 g/mol. The number of carbonyl (C=O) groups is 2. The molecule has 0 radical (unpaired) electrons. The summed E-state index contributed by atoms with van der Waals surface area (Å²) in [5.74, 6) is -3.30. The third kappa shape index (κ3) is 6.10. The molecule has 0 aliphatic rings. The molecule has 0 aliphatic heterocycles. The second kappa shape index (κ2) is 11.2. The van der Waals surface area contributed by atoms with Crippen molar-refractivity contribution in [3.05, 3.63) is 96.1 Å². The van der Waals surface area contributed by atoms with E-state index in [1.54, 1.807) is 24.3 Å². The Labute approximate surface area is 182 Å². The van der Waals surface area contributed by atoms with E-state index >= 15 is 0 Å². The Bertz CT molecular complexity index is 939. The smallest absolute Gasteiger partial charge is 0.324 e. The lowest BCUT2D eigenvalue weighted by molar-refractivity contribution is -0.171. The van der Waals surface area contributed by atoms with Crippen molar-refractivity contribution in [3.63, 3.8) is 0 Å². The molecule has 0 saturated heterocycles. The number of benzene rings is 2. The molecule has 0 spiro atoms. The van der Waals surface area contributed by atoms with Crippen molar-refractivity contribution in [1.82, 2.24) is 0 Å². The number of esters is 2. The molecule has 6 heteroatoms. The maximum atomic E-state index is 14.2. The van der Waals surface area contributed by atoms with E-state index in [9.17, 15) is 18.4 Å². The van der Waals surface area contributed by atoms with Gasteiger partial charge >= 0.3 is 11.9 Å².